The zero-order valence-corrected chi connectivity index (χ0v) is 15.7. The summed E-state index contributed by atoms with van der Waals surface area (Å²) >= 11 is 0. The first kappa shape index (κ1) is 18.6. The first-order chi connectivity index (χ1) is 12.7. The van der Waals surface area contributed by atoms with Crippen molar-refractivity contribution in [3.8, 4) is 17.1 Å². The van der Waals surface area contributed by atoms with Gasteiger partial charge in [0.2, 0.25) is 5.82 Å². The van der Waals surface area contributed by atoms with Gasteiger partial charge in [-0.15, -0.1) is 0 Å². The monoisotopic (exact) mass is 367 g/mol. The number of nitro benzene ring substituents is 1. The first-order valence-corrected chi connectivity index (χ1v) is 8.59. The molecule has 0 spiro atoms. The smallest absolute Gasteiger partial charge is 0.270 e. The first-order valence-electron chi connectivity index (χ1n) is 8.59. The third-order valence-electron chi connectivity index (χ3n) is 4.14. The van der Waals surface area contributed by atoms with Gasteiger partial charge in [0.25, 0.3) is 11.6 Å². The molecule has 0 aliphatic carbocycles. The van der Waals surface area contributed by atoms with Crippen molar-refractivity contribution in [2.45, 2.75) is 39.2 Å². The Labute approximate surface area is 157 Å². The van der Waals surface area contributed by atoms with E-state index in [0.717, 1.165) is 0 Å². The van der Waals surface area contributed by atoms with Crippen LogP contribution < -0.4 is 4.74 Å². The molecule has 0 unspecified atom stereocenters. The van der Waals surface area contributed by atoms with E-state index in [-0.39, 0.29) is 16.9 Å². The summed E-state index contributed by atoms with van der Waals surface area (Å²) in [5.74, 6) is 1.29. The van der Waals surface area contributed by atoms with Crippen molar-refractivity contribution in [2.75, 3.05) is 0 Å². The van der Waals surface area contributed by atoms with Gasteiger partial charge >= 0.3 is 0 Å². The molecular weight excluding hydrogens is 346 g/mol. The lowest BCUT2D eigenvalue weighted by molar-refractivity contribution is -0.384. The highest BCUT2D eigenvalue weighted by Crippen LogP contribution is 2.28. The van der Waals surface area contributed by atoms with E-state index in [1.165, 1.54) is 17.7 Å². The van der Waals surface area contributed by atoms with Crippen LogP contribution in [-0.2, 0) is 5.41 Å². The van der Waals surface area contributed by atoms with Gasteiger partial charge < -0.3 is 9.26 Å². The van der Waals surface area contributed by atoms with Gasteiger partial charge in [-0.1, -0.05) is 50.2 Å². The summed E-state index contributed by atoms with van der Waals surface area (Å²) in [4.78, 5) is 14.8. The minimum atomic E-state index is -0.461. The normalized spacial score (nSPS) is 12.6. The molecule has 0 fully saturated rings. The van der Waals surface area contributed by atoms with Gasteiger partial charge in [0.1, 0.15) is 5.75 Å². The van der Waals surface area contributed by atoms with Crippen molar-refractivity contribution in [1.29, 1.82) is 0 Å². The van der Waals surface area contributed by atoms with E-state index in [2.05, 4.69) is 30.9 Å². The lowest BCUT2D eigenvalue weighted by Gasteiger charge is -2.19. The number of nitrogens with zero attached hydrogens (tertiary/aromatic N) is 3. The van der Waals surface area contributed by atoms with Crippen molar-refractivity contribution < 1.29 is 14.2 Å². The van der Waals surface area contributed by atoms with Crippen LogP contribution in [0.4, 0.5) is 5.69 Å². The summed E-state index contributed by atoms with van der Waals surface area (Å²) < 4.78 is 11.2. The summed E-state index contributed by atoms with van der Waals surface area (Å²) in [5, 5.41) is 14.8. The maximum Gasteiger partial charge on any atom is 0.270 e. The van der Waals surface area contributed by atoms with E-state index in [0.29, 0.717) is 17.2 Å². The van der Waals surface area contributed by atoms with Crippen LogP contribution in [0.3, 0.4) is 0 Å². The van der Waals surface area contributed by atoms with E-state index in [1.807, 2.05) is 31.2 Å². The van der Waals surface area contributed by atoms with Crippen molar-refractivity contribution >= 4 is 5.69 Å². The molecule has 1 heterocycles. The van der Waals surface area contributed by atoms with Gasteiger partial charge in [-0.25, -0.2) is 0 Å². The molecule has 140 valence electrons. The Morgan fingerprint density at radius 3 is 2.48 bits per heavy atom. The molecule has 3 aromatic rings. The standard InChI is InChI=1S/C20H21N3O4/c1-13(26-17-10-8-15(9-11-17)20(2,3)4)19-21-18(22-27-19)14-6-5-7-16(12-14)23(24)25/h5-13H,1-4H3/t13-/m1/s1. The van der Waals surface area contributed by atoms with Crippen molar-refractivity contribution in [3.63, 3.8) is 0 Å². The summed E-state index contributed by atoms with van der Waals surface area (Å²) in [7, 11) is 0. The van der Waals surface area contributed by atoms with E-state index < -0.39 is 11.0 Å². The Kier molecular flexibility index (Phi) is 4.94. The van der Waals surface area contributed by atoms with Crippen molar-refractivity contribution in [2.24, 2.45) is 0 Å². The molecule has 3 rings (SSSR count). The molecule has 0 N–H and O–H groups in total. The number of non-ortho nitro benzene ring substituents is 1. The molecular formula is C20H21N3O4. The summed E-state index contributed by atoms with van der Waals surface area (Å²) in [6.45, 7) is 8.26. The minimum Gasteiger partial charge on any atom is -0.481 e. The molecule has 27 heavy (non-hydrogen) atoms. The molecule has 0 saturated heterocycles. The Morgan fingerprint density at radius 2 is 1.85 bits per heavy atom. The number of benzene rings is 2. The third kappa shape index (κ3) is 4.31. The highest BCUT2D eigenvalue weighted by atomic mass is 16.6. The molecule has 1 aromatic heterocycles. The summed E-state index contributed by atoms with van der Waals surface area (Å²) in [6, 6.07) is 14.0. The average Bonchev–Trinajstić information content (AvgIpc) is 3.12. The van der Waals surface area contributed by atoms with Crippen molar-refractivity contribution in [1.82, 2.24) is 10.1 Å². The fourth-order valence-electron chi connectivity index (χ4n) is 2.56. The van der Waals surface area contributed by atoms with Crippen LogP contribution in [0.25, 0.3) is 11.4 Å². The van der Waals surface area contributed by atoms with Crippen LogP contribution in [0, 0.1) is 10.1 Å². The molecule has 0 aliphatic rings. The number of hydrogen-bond donors (Lipinski definition) is 0. The highest BCUT2D eigenvalue weighted by molar-refractivity contribution is 5.58. The van der Waals surface area contributed by atoms with Crippen LogP contribution in [0.5, 0.6) is 5.75 Å². The Bertz CT molecular complexity index is 942. The molecule has 1 atom stereocenters. The van der Waals surface area contributed by atoms with Gasteiger partial charge in [0, 0.05) is 17.7 Å². The predicted molar refractivity (Wildman–Crippen MR) is 101 cm³/mol. The van der Waals surface area contributed by atoms with Crippen LogP contribution in [0.1, 0.15) is 45.3 Å². The molecule has 0 radical (unpaired) electrons. The molecule has 2 aromatic carbocycles. The second kappa shape index (κ2) is 7.19. The molecule has 7 nitrogen and oxygen atoms in total. The Balaban J connectivity index is 1.74. The van der Waals surface area contributed by atoms with Gasteiger partial charge in [0.15, 0.2) is 6.10 Å². The van der Waals surface area contributed by atoms with Gasteiger partial charge in [-0.3, -0.25) is 10.1 Å². The van der Waals surface area contributed by atoms with Crippen LogP contribution in [-0.4, -0.2) is 15.1 Å². The van der Waals surface area contributed by atoms with Gasteiger partial charge in [0.05, 0.1) is 4.92 Å². The molecule has 0 aliphatic heterocycles. The number of nitro groups is 1. The lowest BCUT2D eigenvalue weighted by atomic mass is 9.87. The van der Waals surface area contributed by atoms with E-state index in [1.54, 1.807) is 12.1 Å². The maximum absolute atomic E-state index is 10.9. The largest absolute Gasteiger partial charge is 0.481 e. The molecule has 0 bridgehead atoms. The van der Waals surface area contributed by atoms with Crippen LogP contribution >= 0.6 is 0 Å². The van der Waals surface area contributed by atoms with Gasteiger partial charge in [-0.2, -0.15) is 4.98 Å². The summed E-state index contributed by atoms with van der Waals surface area (Å²) in [5.41, 5.74) is 1.78. The maximum atomic E-state index is 10.9. The van der Waals surface area contributed by atoms with E-state index in [4.69, 9.17) is 9.26 Å². The molecule has 0 saturated carbocycles. The number of rotatable bonds is 5. The molecule has 0 amide bonds. The van der Waals surface area contributed by atoms with Crippen molar-refractivity contribution in [3.05, 3.63) is 70.1 Å². The van der Waals surface area contributed by atoms with E-state index >= 15 is 0 Å². The minimum absolute atomic E-state index is 0.0258. The number of hydrogen-bond acceptors (Lipinski definition) is 6. The highest BCUT2D eigenvalue weighted by Gasteiger charge is 2.19. The Morgan fingerprint density at radius 1 is 1.15 bits per heavy atom. The van der Waals surface area contributed by atoms with Crippen LogP contribution in [0.15, 0.2) is 53.1 Å². The topological polar surface area (TPSA) is 91.3 Å². The fourth-order valence-corrected chi connectivity index (χ4v) is 2.56. The zero-order valence-electron chi connectivity index (χ0n) is 15.7. The lowest BCUT2D eigenvalue weighted by Crippen LogP contribution is -2.10. The second-order valence-electron chi connectivity index (χ2n) is 7.30. The number of ether oxygens (including phenoxy) is 1. The average molecular weight is 367 g/mol. The third-order valence-corrected chi connectivity index (χ3v) is 4.14. The SMILES string of the molecule is C[C@@H](Oc1ccc(C(C)(C)C)cc1)c1nc(-c2cccc([N+](=O)[O-])c2)no1. The zero-order chi connectivity index (χ0) is 19.6. The number of aromatic nitrogens is 2. The van der Waals surface area contributed by atoms with E-state index in [9.17, 15) is 10.1 Å². The quantitative estimate of drug-likeness (QED) is 0.461. The second-order valence-corrected chi connectivity index (χ2v) is 7.30. The molecule has 7 heteroatoms. The fraction of sp³-hybridized carbons (Fsp3) is 0.300. The Hall–Kier alpha value is -3.22. The van der Waals surface area contributed by atoms with Crippen LogP contribution in [0.2, 0.25) is 0 Å². The summed E-state index contributed by atoms with van der Waals surface area (Å²) in [6.07, 6.45) is -0.453. The predicted octanol–water partition coefficient (Wildman–Crippen LogP) is 5.08. The van der Waals surface area contributed by atoms with Gasteiger partial charge in [-0.05, 0) is 30.0 Å².